The summed E-state index contributed by atoms with van der Waals surface area (Å²) in [5.41, 5.74) is 0.532. The van der Waals surface area contributed by atoms with E-state index in [1.165, 1.54) is 6.07 Å². The van der Waals surface area contributed by atoms with E-state index in [1.807, 2.05) is 24.3 Å². The van der Waals surface area contributed by atoms with E-state index in [2.05, 4.69) is 5.32 Å². The van der Waals surface area contributed by atoms with Crippen LogP contribution in [-0.4, -0.2) is 27.1 Å². The molecule has 4 aromatic rings. The molecule has 0 radical (unpaired) electrons. The summed E-state index contributed by atoms with van der Waals surface area (Å²) < 4.78 is 38.2. The zero-order valence-electron chi connectivity index (χ0n) is 19.3. The van der Waals surface area contributed by atoms with Crippen LogP contribution >= 0.6 is 11.6 Å². The van der Waals surface area contributed by atoms with Crippen molar-refractivity contribution in [3.63, 3.8) is 0 Å². The fraction of sp³-hybridized carbons (Fsp3) is 0.0741. The number of ether oxygens (including phenoxy) is 2. The van der Waals surface area contributed by atoms with Gasteiger partial charge in [-0.2, -0.15) is 0 Å². The first-order valence-electron chi connectivity index (χ1n) is 10.9. The number of amides is 1. The molecule has 4 rings (SSSR count). The van der Waals surface area contributed by atoms with Gasteiger partial charge in [0, 0.05) is 5.02 Å². The highest BCUT2D eigenvalue weighted by Gasteiger charge is 2.25. The van der Waals surface area contributed by atoms with Gasteiger partial charge < -0.3 is 14.8 Å². The summed E-state index contributed by atoms with van der Waals surface area (Å²) >= 11 is 6.15. The van der Waals surface area contributed by atoms with Gasteiger partial charge in [0.15, 0.2) is 11.5 Å². The summed E-state index contributed by atoms with van der Waals surface area (Å²) in [4.78, 5) is 13.1. The zero-order chi connectivity index (χ0) is 25.5. The molecular formula is C27H23ClN2O5S. The number of sulfonamides is 1. The van der Waals surface area contributed by atoms with Gasteiger partial charge in [0.05, 0.1) is 17.6 Å². The lowest BCUT2D eigenvalue weighted by molar-refractivity contribution is -0.114. The molecule has 0 atom stereocenters. The largest absolute Gasteiger partial charge is 0.455 e. The van der Waals surface area contributed by atoms with Crippen molar-refractivity contribution in [2.75, 3.05) is 22.4 Å². The minimum atomic E-state index is -3.85. The van der Waals surface area contributed by atoms with E-state index in [-0.39, 0.29) is 11.4 Å². The molecule has 0 aliphatic carbocycles. The van der Waals surface area contributed by atoms with E-state index >= 15 is 0 Å². The van der Waals surface area contributed by atoms with E-state index in [4.69, 9.17) is 21.1 Å². The molecule has 9 heteroatoms. The zero-order valence-corrected chi connectivity index (χ0v) is 20.9. The molecule has 0 unspecified atom stereocenters. The average Bonchev–Trinajstić information content (AvgIpc) is 2.85. The molecule has 0 spiro atoms. The number of para-hydroxylation sites is 4. The van der Waals surface area contributed by atoms with Crippen LogP contribution in [0.3, 0.4) is 0 Å². The Morgan fingerprint density at radius 3 is 1.97 bits per heavy atom. The first kappa shape index (κ1) is 25.1. The Morgan fingerprint density at radius 1 is 0.806 bits per heavy atom. The normalized spacial score (nSPS) is 10.9. The fourth-order valence-electron chi connectivity index (χ4n) is 3.37. The second kappa shape index (κ2) is 11.2. The van der Waals surface area contributed by atoms with Crippen LogP contribution in [0.5, 0.6) is 23.0 Å². The molecule has 36 heavy (non-hydrogen) atoms. The van der Waals surface area contributed by atoms with Crippen LogP contribution in [0.1, 0.15) is 0 Å². The van der Waals surface area contributed by atoms with Gasteiger partial charge in [0.25, 0.3) is 0 Å². The Balaban J connectivity index is 1.59. The molecule has 0 aromatic heterocycles. The Labute approximate surface area is 214 Å². The van der Waals surface area contributed by atoms with Crippen molar-refractivity contribution in [1.29, 1.82) is 0 Å². The minimum absolute atomic E-state index is 0.228. The van der Waals surface area contributed by atoms with Crippen LogP contribution in [0.2, 0.25) is 5.02 Å². The average molecular weight is 523 g/mol. The number of hydrogen-bond acceptors (Lipinski definition) is 5. The second-order valence-corrected chi connectivity index (χ2v) is 10.1. The Hall–Kier alpha value is -4.01. The maximum atomic E-state index is 13.1. The van der Waals surface area contributed by atoms with Crippen molar-refractivity contribution in [2.24, 2.45) is 0 Å². The van der Waals surface area contributed by atoms with Crippen LogP contribution in [0, 0.1) is 0 Å². The predicted octanol–water partition coefficient (Wildman–Crippen LogP) is 6.33. The maximum Gasteiger partial charge on any atom is 0.245 e. The number of nitrogens with one attached hydrogen (secondary N) is 1. The van der Waals surface area contributed by atoms with Gasteiger partial charge in [-0.3, -0.25) is 9.10 Å². The summed E-state index contributed by atoms with van der Waals surface area (Å²) in [5.74, 6) is 1.16. The SMILES string of the molecule is CS(=O)(=O)N(CC(=O)Nc1cc(Cl)ccc1Oc1ccccc1)c1ccccc1Oc1ccccc1. The highest BCUT2D eigenvalue weighted by atomic mass is 35.5. The first-order valence-corrected chi connectivity index (χ1v) is 13.1. The van der Waals surface area contributed by atoms with Crippen LogP contribution in [-0.2, 0) is 14.8 Å². The third-order valence-corrected chi connectivity index (χ3v) is 6.34. The number of hydrogen-bond donors (Lipinski definition) is 1. The molecular weight excluding hydrogens is 500 g/mol. The summed E-state index contributed by atoms with van der Waals surface area (Å²) in [5, 5.41) is 3.10. The van der Waals surface area contributed by atoms with E-state index in [1.54, 1.807) is 72.8 Å². The molecule has 0 bridgehead atoms. The number of anilines is 2. The van der Waals surface area contributed by atoms with Crippen molar-refractivity contribution in [1.82, 2.24) is 0 Å². The van der Waals surface area contributed by atoms with Gasteiger partial charge in [-0.05, 0) is 54.6 Å². The Kier molecular flexibility index (Phi) is 7.77. The predicted molar refractivity (Wildman–Crippen MR) is 142 cm³/mol. The molecule has 1 amide bonds. The molecule has 0 saturated carbocycles. The number of benzene rings is 4. The second-order valence-electron chi connectivity index (χ2n) is 7.76. The summed E-state index contributed by atoms with van der Waals surface area (Å²) in [6.45, 7) is -0.495. The molecule has 0 aliphatic rings. The first-order chi connectivity index (χ1) is 17.3. The Morgan fingerprint density at radius 2 is 1.36 bits per heavy atom. The van der Waals surface area contributed by atoms with Crippen molar-refractivity contribution >= 4 is 38.9 Å². The van der Waals surface area contributed by atoms with Gasteiger partial charge in [0.1, 0.15) is 18.0 Å². The third kappa shape index (κ3) is 6.56. The van der Waals surface area contributed by atoms with Gasteiger partial charge in [0.2, 0.25) is 15.9 Å². The third-order valence-electron chi connectivity index (χ3n) is 4.98. The number of halogens is 1. The smallest absolute Gasteiger partial charge is 0.245 e. The number of rotatable bonds is 9. The van der Waals surface area contributed by atoms with Crippen LogP contribution in [0.4, 0.5) is 11.4 Å². The van der Waals surface area contributed by atoms with E-state index in [9.17, 15) is 13.2 Å². The molecule has 0 fully saturated rings. The van der Waals surface area contributed by atoms with Gasteiger partial charge in [-0.15, -0.1) is 0 Å². The highest BCUT2D eigenvalue weighted by Crippen LogP contribution is 2.35. The van der Waals surface area contributed by atoms with E-state index in [0.29, 0.717) is 28.0 Å². The van der Waals surface area contributed by atoms with Gasteiger partial charge in [-0.1, -0.05) is 60.1 Å². The summed E-state index contributed by atoms with van der Waals surface area (Å²) in [6.07, 6.45) is 1.03. The standard InChI is InChI=1S/C27H23ClN2O5S/c1-36(32,33)30(24-14-8-9-15-26(24)35-22-12-6-3-7-13-22)19-27(31)29-23-18-20(28)16-17-25(23)34-21-10-4-2-5-11-21/h2-18H,19H2,1H3,(H,29,31). The molecule has 1 N–H and O–H groups in total. The van der Waals surface area contributed by atoms with Gasteiger partial charge >= 0.3 is 0 Å². The number of carbonyl (C=O) groups excluding carboxylic acids is 1. The molecule has 0 heterocycles. The molecule has 7 nitrogen and oxygen atoms in total. The van der Waals surface area contributed by atoms with E-state index < -0.39 is 22.5 Å². The minimum Gasteiger partial charge on any atom is -0.455 e. The Bertz CT molecular complexity index is 1450. The van der Waals surface area contributed by atoms with Crippen LogP contribution in [0.25, 0.3) is 0 Å². The van der Waals surface area contributed by atoms with Gasteiger partial charge in [-0.25, -0.2) is 8.42 Å². The van der Waals surface area contributed by atoms with Crippen LogP contribution in [0.15, 0.2) is 103 Å². The lowest BCUT2D eigenvalue weighted by Crippen LogP contribution is -2.37. The summed E-state index contributed by atoms with van der Waals surface area (Å²) in [7, 11) is -3.85. The maximum absolute atomic E-state index is 13.1. The van der Waals surface area contributed by atoms with Crippen molar-refractivity contribution in [2.45, 2.75) is 0 Å². The van der Waals surface area contributed by atoms with Crippen molar-refractivity contribution in [3.8, 4) is 23.0 Å². The van der Waals surface area contributed by atoms with Crippen molar-refractivity contribution < 1.29 is 22.7 Å². The van der Waals surface area contributed by atoms with Crippen LogP contribution < -0.4 is 19.1 Å². The molecule has 4 aromatic carbocycles. The number of carbonyl (C=O) groups is 1. The highest BCUT2D eigenvalue weighted by molar-refractivity contribution is 7.92. The van der Waals surface area contributed by atoms with E-state index in [0.717, 1.165) is 10.6 Å². The number of nitrogens with zero attached hydrogens (tertiary/aromatic N) is 1. The van der Waals surface area contributed by atoms with Crippen molar-refractivity contribution in [3.05, 3.63) is 108 Å². The molecule has 0 saturated heterocycles. The quantitative estimate of drug-likeness (QED) is 0.277. The fourth-order valence-corrected chi connectivity index (χ4v) is 4.40. The lowest BCUT2D eigenvalue weighted by Gasteiger charge is -2.24. The topological polar surface area (TPSA) is 84.9 Å². The monoisotopic (exact) mass is 522 g/mol. The molecule has 0 aliphatic heterocycles. The lowest BCUT2D eigenvalue weighted by atomic mass is 10.2. The molecule has 184 valence electrons. The summed E-state index contributed by atoms with van der Waals surface area (Å²) in [6, 6.07) is 29.4.